The van der Waals surface area contributed by atoms with Crippen LogP contribution in [-0.2, 0) is 9.53 Å². The largest absolute Gasteiger partial charge is 0.402 e. The Morgan fingerprint density at radius 1 is 1.20 bits per heavy atom. The SMILES string of the molecule is Cc1ccccc1C1=N/C(=C2\C=CC=CN2C)C(=O)O1. The van der Waals surface area contributed by atoms with Crippen LogP contribution in [0.4, 0.5) is 0 Å². The van der Waals surface area contributed by atoms with Gasteiger partial charge in [0.15, 0.2) is 5.70 Å². The number of carbonyl (C=O) groups is 1. The first kappa shape index (κ1) is 12.4. The van der Waals surface area contributed by atoms with E-state index in [1.54, 1.807) is 0 Å². The lowest BCUT2D eigenvalue weighted by Crippen LogP contribution is -2.15. The van der Waals surface area contributed by atoms with Crippen molar-refractivity contribution in [3.8, 4) is 0 Å². The van der Waals surface area contributed by atoms with Crippen molar-refractivity contribution in [3.63, 3.8) is 0 Å². The van der Waals surface area contributed by atoms with Gasteiger partial charge in [0.2, 0.25) is 5.90 Å². The number of nitrogens with zero attached hydrogens (tertiary/aromatic N) is 2. The summed E-state index contributed by atoms with van der Waals surface area (Å²) in [5, 5.41) is 0. The predicted molar refractivity (Wildman–Crippen MR) is 76.9 cm³/mol. The van der Waals surface area contributed by atoms with Gasteiger partial charge in [-0.1, -0.05) is 24.3 Å². The van der Waals surface area contributed by atoms with Gasteiger partial charge < -0.3 is 9.64 Å². The van der Waals surface area contributed by atoms with Crippen molar-refractivity contribution in [1.29, 1.82) is 0 Å². The molecule has 4 nitrogen and oxygen atoms in total. The number of carbonyl (C=O) groups excluding carboxylic acids is 1. The zero-order valence-corrected chi connectivity index (χ0v) is 11.3. The summed E-state index contributed by atoms with van der Waals surface area (Å²) in [7, 11) is 1.87. The Morgan fingerprint density at radius 2 is 2.00 bits per heavy atom. The van der Waals surface area contributed by atoms with Crippen LogP contribution >= 0.6 is 0 Å². The summed E-state index contributed by atoms with van der Waals surface area (Å²) in [6, 6.07) is 7.71. The topological polar surface area (TPSA) is 41.9 Å². The minimum Gasteiger partial charge on any atom is -0.402 e. The van der Waals surface area contributed by atoms with E-state index in [-0.39, 0.29) is 0 Å². The molecule has 0 unspecified atom stereocenters. The van der Waals surface area contributed by atoms with Crippen molar-refractivity contribution in [2.45, 2.75) is 6.92 Å². The third-order valence-corrected chi connectivity index (χ3v) is 3.27. The Hall–Kier alpha value is -2.62. The molecule has 0 amide bonds. The second-order valence-electron chi connectivity index (χ2n) is 4.67. The minimum absolute atomic E-state index is 0.339. The van der Waals surface area contributed by atoms with Gasteiger partial charge in [-0.05, 0) is 30.7 Å². The average Bonchev–Trinajstić information content (AvgIpc) is 2.81. The highest BCUT2D eigenvalue weighted by atomic mass is 16.6. The first-order valence-electron chi connectivity index (χ1n) is 6.35. The maximum absolute atomic E-state index is 12.0. The van der Waals surface area contributed by atoms with Gasteiger partial charge in [0.05, 0.1) is 5.70 Å². The number of esters is 1. The van der Waals surface area contributed by atoms with E-state index in [4.69, 9.17) is 4.74 Å². The molecule has 2 aliphatic heterocycles. The predicted octanol–water partition coefficient (Wildman–Crippen LogP) is 2.53. The van der Waals surface area contributed by atoms with Gasteiger partial charge in [0.25, 0.3) is 0 Å². The van der Waals surface area contributed by atoms with Crippen molar-refractivity contribution in [2.24, 2.45) is 4.99 Å². The number of allylic oxidation sites excluding steroid dienone is 3. The molecular weight excluding hydrogens is 252 g/mol. The summed E-state index contributed by atoms with van der Waals surface area (Å²) in [5.74, 6) is -0.0444. The summed E-state index contributed by atoms with van der Waals surface area (Å²) in [6.07, 6.45) is 7.49. The Morgan fingerprint density at radius 3 is 2.75 bits per heavy atom. The van der Waals surface area contributed by atoms with E-state index in [9.17, 15) is 4.79 Å². The number of benzene rings is 1. The fourth-order valence-corrected chi connectivity index (χ4v) is 2.17. The molecule has 3 rings (SSSR count). The quantitative estimate of drug-likeness (QED) is 0.579. The smallest absolute Gasteiger partial charge is 0.366 e. The van der Waals surface area contributed by atoms with Gasteiger partial charge in [-0.25, -0.2) is 9.79 Å². The van der Waals surface area contributed by atoms with Crippen LogP contribution in [0.25, 0.3) is 0 Å². The molecule has 4 heteroatoms. The molecule has 0 atom stereocenters. The second-order valence-corrected chi connectivity index (χ2v) is 4.67. The first-order valence-corrected chi connectivity index (χ1v) is 6.35. The molecule has 20 heavy (non-hydrogen) atoms. The van der Waals surface area contributed by atoms with E-state index < -0.39 is 5.97 Å². The summed E-state index contributed by atoms with van der Waals surface area (Å²) < 4.78 is 5.31. The molecular formula is C16H14N2O2. The zero-order chi connectivity index (χ0) is 14.1. The number of rotatable bonds is 1. The van der Waals surface area contributed by atoms with E-state index >= 15 is 0 Å². The molecule has 0 bridgehead atoms. The molecule has 2 heterocycles. The maximum Gasteiger partial charge on any atom is 0.366 e. The molecule has 0 fully saturated rings. The molecule has 1 aromatic rings. The van der Waals surface area contributed by atoms with Crippen molar-refractivity contribution < 1.29 is 9.53 Å². The van der Waals surface area contributed by atoms with Crippen LogP contribution < -0.4 is 0 Å². The molecule has 1 aromatic carbocycles. The monoisotopic (exact) mass is 266 g/mol. The van der Waals surface area contributed by atoms with Crippen LogP contribution in [-0.4, -0.2) is 23.8 Å². The van der Waals surface area contributed by atoms with E-state index in [2.05, 4.69) is 4.99 Å². The van der Waals surface area contributed by atoms with Crippen LogP contribution in [0, 0.1) is 6.92 Å². The average molecular weight is 266 g/mol. The number of aliphatic imine (C=N–C) groups is 1. The molecule has 0 N–H and O–H groups in total. The van der Waals surface area contributed by atoms with Crippen molar-refractivity contribution in [2.75, 3.05) is 7.05 Å². The Bertz CT molecular complexity index is 696. The standard InChI is InChI=1S/C16H14N2O2/c1-11-7-3-4-8-12(11)15-17-14(16(19)20-15)13-9-5-6-10-18(13)2/h3-10H,1-2H3/b14-13+. The van der Waals surface area contributed by atoms with Crippen molar-refractivity contribution >= 4 is 11.9 Å². The van der Waals surface area contributed by atoms with Gasteiger partial charge in [-0.15, -0.1) is 0 Å². The minimum atomic E-state index is -0.412. The molecule has 0 spiro atoms. The molecule has 0 aromatic heterocycles. The maximum atomic E-state index is 12.0. The highest BCUT2D eigenvalue weighted by Crippen LogP contribution is 2.24. The molecule has 0 saturated heterocycles. The molecule has 100 valence electrons. The summed E-state index contributed by atoms with van der Waals surface area (Å²) in [5.41, 5.74) is 2.94. The second kappa shape index (κ2) is 4.81. The summed E-state index contributed by atoms with van der Waals surface area (Å²) in [4.78, 5) is 18.3. The lowest BCUT2D eigenvalue weighted by molar-refractivity contribution is -0.130. The van der Waals surface area contributed by atoms with E-state index in [1.807, 2.05) is 67.6 Å². The number of hydrogen-bond acceptors (Lipinski definition) is 4. The number of aryl methyl sites for hydroxylation is 1. The van der Waals surface area contributed by atoms with E-state index in [1.165, 1.54) is 0 Å². The lowest BCUT2D eigenvalue weighted by Gasteiger charge is -2.17. The summed E-state index contributed by atoms with van der Waals surface area (Å²) >= 11 is 0. The Balaban J connectivity index is 2.06. The molecule has 0 radical (unpaired) electrons. The van der Waals surface area contributed by atoms with Gasteiger partial charge in [-0.2, -0.15) is 0 Å². The van der Waals surface area contributed by atoms with Crippen LogP contribution in [0.2, 0.25) is 0 Å². The van der Waals surface area contributed by atoms with Crippen LogP contribution in [0.5, 0.6) is 0 Å². The molecule has 0 aliphatic carbocycles. The van der Waals surface area contributed by atoms with E-state index in [0.29, 0.717) is 11.6 Å². The fraction of sp³-hybridized carbons (Fsp3) is 0.125. The van der Waals surface area contributed by atoms with Gasteiger partial charge in [-0.3, -0.25) is 0 Å². The number of cyclic esters (lactones) is 1. The van der Waals surface area contributed by atoms with Crippen molar-refractivity contribution in [1.82, 2.24) is 4.90 Å². The Labute approximate surface area is 117 Å². The highest BCUT2D eigenvalue weighted by molar-refractivity contribution is 6.12. The third-order valence-electron chi connectivity index (χ3n) is 3.27. The molecule has 0 saturated carbocycles. The van der Waals surface area contributed by atoms with E-state index in [0.717, 1.165) is 16.8 Å². The first-order chi connectivity index (χ1) is 9.66. The summed E-state index contributed by atoms with van der Waals surface area (Å²) in [6.45, 7) is 1.96. The van der Waals surface area contributed by atoms with Crippen molar-refractivity contribution in [3.05, 3.63) is 71.2 Å². The zero-order valence-electron chi connectivity index (χ0n) is 11.3. The van der Waals surface area contributed by atoms with Crippen LogP contribution in [0.1, 0.15) is 11.1 Å². The Kier molecular flexibility index (Phi) is 2.99. The number of likely N-dealkylation sites (N-methyl/N-ethyl adjacent to an activating group) is 1. The number of hydrogen-bond donors (Lipinski definition) is 0. The normalized spacial score (nSPS) is 21.2. The number of ether oxygens (including phenoxy) is 1. The third kappa shape index (κ3) is 2.05. The fourth-order valence-electron chi connectivity index (χ4n) is 2.17. The van der Waals surface area contributed by atoms with Gasteiger partial charge >= 0.3 is 5.97 Å². The van der Waals surface area contributed by atoms with Crippen LogP contribution in [0.15, 0.2) is 65.1 Å². The highest BCUT2D eigenvalue weighted by Gasteiger charge is 2.28. The molecule has 2 aliphatic rings. The van der Waals surface area contributed by atoms with Gasteiger partial charge in [0.1, 0.15) is 0 Å². The lowest BCUT2D eigenvalue weighted by atomic mass is 10.1. The van der Waals surface area contributed by atoms with Crippen LogP contribution in [0.3, 0.4) is 0 Å². The van der Waals surface area contributed by atoms with Gasteiger partial charge in [0, 0.05) is 18.8 Å².